The lowest BCUT2D eigenvalue weighted by Crippen LogP contribution is -2.36. The van der Waals surface area contributed by atoms with Crippen LogP contribution >= 0.6 is 0 Å². The topological polar surface area (TPSA) is 73.7 Å². The Labute approximate surface area is 116 Å². The van der Waals surface area contributed by atoms with Crippen LogP contribution in [0.4, 0.5) is 5.82 Å². The number of hydrogen-bond acceptors (Lipinski definition) is 4. The van der Waals surface area contributed by atoms with Crippen LogP contribution in [-0.4, -0.2) is 40.4 Å². The van der Waals surface area contributed by atoms with Crippen LogP contribution in [0, 0.1) is 0 Å². The minimum Gasteiger partial charge on any atom is -0.478 e. The van der Waals surface area contributed by atoms with Gasteiger partial charge in [0.1, 0.15) is 5.82 Å². The molecular formula is C15H16N2O3. The van der Waals surface area contributed by atoms with Crippen molar-refractivity contribution in [2.24, 2.45) is 0 Å². The van der Waals surface area contributed by atoms with Crippen LogP contribution in [0.5, 0.6) is 0 Å². The molecule has 1 aromatic heterocycles. The van der Waals surface area contributed by atoms with Crippen molar-refractivity contribution in [1.82, 2.24) is 4.98 Å². The summed E-state index contributed by atoms with van der Waals surface area (Å²) in [7, 11) is 0. The first-order valence-corrected chi connectivity index (χ1v) is 6.71. The second kappa shape index (κ2) is 5.09. The number of aliphatic hydroxyl groups excluding tert-OH is 1. The fraction of sp³-hybridized carbons (Fsp3) is 0.333. The highest BCUT2D eigenvalue weighted by molar-refractivity contribution is 6.03. The molecule has 0 saturated carbocycles. The molecule has 5 nitrogen and oxygen atoms in total. The lowest BCUT2D eigenvalue weighted by molar-refractivity contribution is 0.0699. The maximum atomic E-state index is 11.4. The van der Waals surface area contributed by atoms with E-state index >= 15 is 0 Å². The molecule has 1 aliphatic rings. The van der Waals surface area contributed by atoms with Gasteiger partial charge < -0.3 is 15.1 Å². The molecule has 0 spiro atoms. The van der Waals surface area contributed by atoms with Crippen molar-refractivity contribution in [3.05, 3.63) is 35.9 Å². The average Bonchev–Trinajstić information content (AvgIpc) is 2.46. The van der Waals surface area contributed by atoms with E-state index in [1.165, 1.54) is 0 Å². The van der Waals surface area contributed by atoms with E-state index in [1.54, 1.807) is 12.1 Å². The zero-order valence-corrected chi connectivity index (χ0v) is 11.0. The predicted octanol–water partition coefficient (Wildman–Crippen LogP) is 1.89. The molecule has 1 saturated heterocycles. The van der Waals surface area contributed by atoms with Crippen LogP contribution in [0.25, 0.3) is 10.9 Å². The molecule has 20 heavy (non-hydrogen) atoms. The van der Waals surface area contributed by atoms with Gasteiger partial charge in [-0.05, 0) is 25.0 Å². The first-order chi connectivity index (χ1) is 9.65. The largest absolute Gasteiger partial charge is 0.478 e. The Morgan fingerprint density at radius 2 is 1.95 bits per heavy atom. The number of carbonyl (C=O) groups is 1. The minimum absolute atomic E-state index is 0.259. The van der Waals surface area contributed by atoms with E-state index in [9.17, 15) is 15.0 Å². The first kappa shape index (κ1) is 12.9. The fourth-order valence-electron chi connectivity index (χ4n) is 2.60. The number of piperidine rings is 1. The van der Waals surface area contributed by atoms with Crippen LogP contribution in [0.1, 0.15) is 23.2 Å². The van der Waals surface area contributed by atoms with E-state index in [0.29, 0.717) is 42.7 Å². The molecule has 0 atom stereocenters. The number of anilines is 1. The van der Waals surface area contributed by atoms with Gasteiger partial charge in [0.05, 0.1) is 17.2 Å². The smallest absolute Gasteiger partial charge is 0.336 e. The fourth-order valence-corrected chi connectivity index (χ4v) is 2.60. The van der Waals surface area contributed by atoms with Gasteiger partial charge in [0.25, 0.3) is 0 Å². The van der Waals surface area contributed by atoms with Gasteiger partial charge in [-0.15, -0.1) is 0 Å². The Hall–Kier alpha value is -2.14. The van der Waals surface area contributed by atoms with Crippen molar-refractivity contribution in [2.45, 2.75) is 18.9 Å². The number of fused-ring (bicyclic) bond motifs is 1. The van der Waals surface area contributed by atoms with Crippen LogP contribution in [-0.2, 0) is 0 Å². The van der Waals surface area contributed by atoms with E-state index in [4.69, 9.17) is 0 Å². The molecule has 0 amide bonds. The van der Waals surface area contributed by atoms with Crippen molar-refractivity contribution in [1.29, 1.82) is 0 Å². The van der Waals surface area contributed by atoms with Crippen LogP contribution < -0.4 is 4.90 Å². The Morgan fingerprint density at radius 3 is 2.65 bits per heavy atom. The molecule has 104 valence electrons. The highest BCUT2D eigenvalue weighted by atomic mass is 16.4. The molecule has 1 fully saturated rings. The molecule has 0 unspecified atom stereocenters. The number of hydrogen-bond donors (Lipinski definition) is 2. The summed E-state index contributed by atoms with van der Waals surface area (Å²) in [5, 5.41) is 19.6. The summed E-state index contributed by atoms with van der Waals surface area (Å²) >= 11 is 0. The summed E-state index contributed by atoms with van der Waals surface area (Å²) in [6.07, 6.45) is 1.12. The van der Waals surface area contributed by atoms with Crippen LogP contribution in [0.15, 0.2) is 30.3 Å². The van der Waals surface area contributed by atoms with Gasteiger partial charge in [-0.3, -0.25) is 0 Å². The van der Waals surface area contributed by atoms with E-state index in [1.807, 2.05) is 23.1 Å². The maximum absolute atomic E-state index is 11.4. The maximum Gasteiger partial charge on any atom is 0.336 e. The summed E-state index contributed by atoms with van der Waals surface area (Å²) < 4.78 is 0. The molecule has 0 bridgehead atoms. The van der Waals surface area contributed by atoms with Gasteiger partial charge in [0.2, 0.25) is 0 Å². The minimum atomic E-state index is -0.943. The lowest BCUT2D eigenvalue weighted by Gasteiger charge is -2.30. The second-order valence-corrected chi connectivity index (χ2v) is 5.07. The Kier molecular flexibility index (Phi) is 3.28. The quantitative estimate of drug-likeness (QED) is 0.873. The molecule has 5 heteroatoms. The van der Waals surface area contributed by atoms with E-state index in [2.05, 4.69) is 4.98 Å². The van der Waals surface area contributed by atoms with Crippen molar-refractivity contribution < 1.29 is 15.0 Å². The predicted molar refractivity (Wildman–Crippen MR) is 76.2 cm³/mol. The van der Waals surface area contributed by atoms with E-state index in [0.717, 1.165) is 0 Å². The molecule has 0 radical (unpaired) electrons. The Bertz CT molecular complexity index is 649. The lowest BCUT2D eigenvalue weighted by atomic mass is 10.1. The van der Waals surface area contributed by atoms with Crippen LogP contribution in [0.2, 0.25) is 0 Å². The molecule has 2 N–H and O–H groups in total. The third-order valence-corrected chi connectivity index (χ3v) is 3.72. The molecule has 3 rings (SSSR count). The summed E-state index contributed by atoms with van der Waals surface area (Å²) in [4.78, 5) is 18.0. The number of carboxylic acid groups (broad SMARTS) is 1. The molecule has 0 aliphatic carbocycles. The third kappa shape index (κ3) is 2.32. The van der Waals surface area contributed by atoms with Gasteiger partial charge in [-0.1, -0.05) is 18.2 Å². The number of aromatic carboxylic acids is 1. The summed E-state index contributed by atoms with van der Waals surface area (Å²) in [5.41, 5.74) is 0.963. The number of rotatable bonds is 2. The van der Waals surface area contributed by atoms with Gasteiger partial charge in [-0.25, -0.2) is 9.78 Å². The van der Waals surface area contributed by atoms with E-state index in [-0.39, 0.29) is 11.7 Å². The molecular weight excluding hydrogens is 256 g/mol. The van der Waals surface area contributed by atoms with Crippen molar-refractivity contribution in [3.63, 3.8) is 0 Å². The summed E-state index contributed by atoms with van der Waals surface area (Å²) in [6, 6.07) is 8.89. The second-order valence-electron chi connectivity index (χ2n) is 5.07. The summed E-state index contributed by atoms with van der Waals surface area (Å²) in [5.74, 6) is -0.269. The third-order valence-electron chi connectivity index (χ3n) is 3.72. The number of aromatic nitrogens is 1. The monoisotopic (exact) mass is 272 g/mol. The zero-order valence-electron chi connectivity index (χ0n) is 11.0. The van der Waals surface area contributed by atoms with Gasteiger partial charge in [-0.2, -0.15) is 0 Å². The van der Waals surface area contributed by atoms with Crippen molar-refractivity contribution in [2.75, 3.05) is 18.0 Å². The molecule has 2 aromatic rings. The zero-order chi connectivity index (χ0) is 14.1. The van der Waals surface area contributed by atoms with Crippen LogP contribution in [0.3, 0.4) is 0 Å². The Balaban J connectivity index is 2.06. The first-order valence-electron chi connectivity index (χ1n) is 6.71. The van der Waals surface area contributed by atoms with Gasteiger partial charge >= 0.3 is 5.97 Å². The van der Waals surface area contributed by atoms with E-state index < -0.39 is 5.97 Å². The number of aliphatic hydroxyl groups is 1. The molecule has 2 heterocycles. The number of benzene rings is 1. The van der Waals surface area contributed by atoms with Gasteiger partial charge in [0.15, 0.2) is 0 Å². The molecule has 1 aliphatic heterocycles. The van der Waals surface area contributed by atoms with Gasteiger partial charge in [0, 0.05) is 18.5 Å². The highest BCUT2D eigenvalue weighted by Gasteiger charge is 2.20. The normalized spacial score (nSPS) is 16.6. The number of para-hydroxylation sites is 1. The van der Waals surface area contributed by atoms with Crippen molar-refractivity contribution in [3.8, 4) is 0 Å². The average molecular weight is 272 g/mol. The number of pyridine rings is 1. The highest BCUT2D eigenvalue weighted by Crippen LogP contribution is 2.25. The summed E-state index contributed by atoms with van der Waals surface area (Å²) in [6.45, 7) is 1.40. The number of nitrogens with zero attached hydrogens (tertiary/aromatic N) is 2. The molecule has 1 aromatic carbocycles. The standard InChI is InChI=1S/C15H16N2O3/c18-10-5-7-17(8-6-10)14-9-12(15(19)20)11-3-1-2-4-13(11)16-14/h1-4,9-10,18H,5-8H2,(H,19,20). The van der Waals surface area contributed by atoms with Crippen molar-refractivity contribution >= 4 is 22.7 Å². The Morgan fingerprint density at radius 1 is 1.25 bits per heavy atom. The SMILES string of the molecule is O=C(O)c1cc(N2CCC(O)CC2)nc2ccccc12. The number of carboxylic acids is 1.